The Morgan fingerprint density at radius 2 is 2.27 bits per heavy atom. The van der Waals surface area contributed by atoms with E-state index >= 15 is 0 Å². The van der Waals surface area contributed by atoms with Gasteiger partial charge < -0.3 is 19.5 Å². The number of hydrogen-bond donors (Lipinski definition) is 1. The van der Waals surface area contributed by atoms with E-state index in [2.05, 4.69) is 16.4 Å². The van der Waals surface area contributed by atoms with E-state index in [4.69, 9.17) is 21.1 Å². The third kappa shape index (κ3) is 4.16. The summed E-state index contributed by atoms with van der Waals surface area (Å²) in [7, 11) is 1.54. The lowest BCUT2D eigenvalue weighted by atomic mass is 10.1. The first-order valence-corrected chi connectivity index (χ1v) is 8.58. The fourth-order valence-electron chi connectivity index (χ4n) is 2.66. The molecule has 1 aromatic carbocycles. The van der Waals surface area contributed by atoms with Crippen molar-refractivity contribution in [2.45, 2.75) is 19.4 Å². The van der Waals surface area contributed by atoms with Gasteiger partial charge in [0.05, 0.1) is 18.3 Å². The fourth-order valence-corrected chi connectivity index (χ4v) is 2.94. The number of rotatable bonds is 6. The van der Waals surface area contributed by atoms with Crippen molar-refractivity contribution in [3.05, 3.63) is 47.0 Å². The molecule has 0 unspecified atom stereocenters. The summed E-state index contributed by atoms with van der Waals surface area (Å²) in [6.45, 7) is 1.70. The van der Waals surface area contributed by atoms with E-state index < -0.39 is 5.97 Å². The molecule has 1 N–H and O–H groups in total. The topological polar surface area (TPSA) is 84.8 Å². The molecule has 2 heterocycles. The van der Waals surface area contributed by atoms with Crippen molar-refractivity contribution in [3.63, 3.8) is 0 Å². The van der Waals surface area contributed by atoms with Crippen LogP contribution in [0.5, 0.6) is 11.6 Å². The molecule has 0 spiro atoms. The number of carboxylic acids is 1. The summed E-state index contributed by atoms with van der Waals surface area (Å²) >= 11 is 6.11. The van der Waals surface area contributed by atoms with Crippen molar-refractivity contribution in [1.82, 2.24) is 9.97 Å². The van der Waals surface area contributed by atoms with Crippen molar-refractivity contribution in [1.29, 1.82) is 0 Å². The van der Waals surface area contributed by atoms with Crippen LogP contribution in [0.15, 0.2) is 24.4 Å². The molecular weight excluding hydrogens is 358 g/mol. The molecule has 2 aromatic rings. The van der Waals surface area contributed by atoms with Gasteiger partial charge in [0.25, 0.3) is 0 Å². The van der Waals surface area contributed by atoms with Gasteiger partial charge in [-0.25, -0.2) is 9.78 Å². The van der Waals surface area contributed by atoms with E-state index in [1.165, 1.54) is 13.3 Å². The number of anilines is 1. The highest BCUT2D eigenvalue weighted by molar-refractivity contribution is 6.32. The summed E-state index contributed by atoms with van der Waals surface area (Å²) in [4.78, 5) is 21.9. The van der Waals surface area contributed by atoms with Crippen molar-refractivity contribution in [3.8, 4) is 11.6 Å². The number of methoxy groups -OCH3 is 1. The molecule has 26 heavy (non-hydrogen) atoms. The molecule has 1 aliphatic heterocycles. The zero-order valence-electron chi connectivity index (χ0n) is 14.3. The molecule has 1 fully saturated rings. The van der Waals surface area contributed by atoms with Gasteiger partial charge in [0.15, 0.2) is 0 Å². The zero-order chi connectivity index (χ0) is 18.5. The third-order valence-corrected chi connectivity index (χ3v) is 4.33. The summed E-state index contributed by atoms with van der Waals surface area (Å²) in [6.07, 6.45) is 5.52. The number of halogens is 1. The predicted molar refractivity (Wildman–Crippen MR) is 97.1 cm³/mol. The largest absolute Gasteiger partial charge is 0.495 e. The number of benzene rings is 1. The van der Waals surface area contributed by atoms with Crippen molar-refractivity contribution >= 4 is 23.5 Å². The number of nitrogens with zero attached hydrogens (tertiary/aromatic N) is 3. The molecule has 7 nitrogen and oxygen atoms in total. The molecule has 1 saturated heterocycles. The monoisotopic (exact) mass is 376 g/mol. The minimum atomic E-state index is -1.13. The van der Waals surface area contributed by atoms with Crippen LogP contribution in [0.3, 0.4) is 0 Å². The van der Waals surface area contributed by atoms with Gasteiger partial charge in [-0.3, -0.25) is 0 Å². The Morgan fingerprint density at radius 3 is 2.92 bits per heavy atom. The SMILES string of the molecule is COc1ccc(COc2nc(N3C[CH]CCC3)ncc2C(=O)O)cc1Cl. The van der Waals surface area contributed by atoms with Gasteiger partial charge in [0.2, 0.25) is 11.8 Å². The molecule has 0 amide bonds. The summed E-state index contributed by atoms with van der Waals surface area (Å²) < 4.78 is 10.8. The lowest BCUT2D eigenvalue weighted by Gasteiger charge is -2.26. The van der Waals surface area contributed by atoms with Gasteiger partial charge in [-0.15, -0.1) is 0 Å². The summed E-state index contributed by atoms with van der Waals surface area (Å²) in [5.41, 5.74) is 0.702. The number of hydrogen-bond acceptors (Lipinski definition) is 6. The van der Waals surface area contributed by atoms with Gasteiger partial charge in [0.1, 0.15) is 17.9 Å². The van der Waals surface area contributed by atoms with Crippen LogP contribution in [0.25, 0.3) is 0 Å². The molecule has 137 valence electrons. The summed E-state index contributed by atoms with van der Waals surface area (Å²) in [5.74, 6) is -0.0643. The van der Waals surface area contributed by atoms with Crippen LogP contribution in [0.2, 0.25) is 5.02 Å². The van der Waals surface area contributed by atoms with Gasteiger partial charge in [-0.05, 0) is 37.0 Å². The Hall–Kier alpha value is -2.54. The molecule has 1 radical (unpaired) electrons. The molecule has 0 bridgehead atoms. The second kappa shape index (κ2) is 8.23. The summed E-state index contributed by atoms with van der Waals surface area (Å²) in [5, 5.41) is 9.82. The Morgan fingerprint density at radius 1 is 1.42 bits per heavy atom. The fraction of sp³-hybridized carbons (Fsp3) is 0.333. The smallest absolute Gasteiger partial charge is 0.342 e. The van der Waals surface area contributed by atoms with E-state index in [-0.39, 0.29) is 18.1 Å². The Kier molecular flexibility index (Phi) is 5.78. The van der Waals surface area contributed by atoms with E-state index in [1.54, 1.807) is 18.2 Å². The summed E-state index contributed by atoms with van der Waals surface area (Å²) in [6, 6.07) is 5.24. The van der Waals surface area contributed by atoms with Crippen LogP contribution in [-0.4, -0.2) is 41.2 Å². The standard InChI is InChI=1S/C18H19ClN3O4/c1-25-15-6-5-12(9-14(15)19)11-26-16-13(17(23)24)10-20-18(21-16)22-7-3-2-4-8-22/h3,5-6,9-10H,2,4,7-8,11H2,1H3,(H,23,24). The van der Waals surface area contributed by atoms with Crippen LogP contribution in [0, 0.1) is 6.42 Å². The number of aromatic nitrogens is 2. The van der Waals surface area contributed by atoms with Crippen LogP contribution in [0.4, 0.5) is 5.95 Å². The van der Waals surface area contributed by atoms with Gasteiger partial charge in [-0.1, -0.05) is 17.7 Å². The highest BCUT2D eigenvalue weighted by Gasteiger charge is 2.19. The van der Waals surface area contributed by atoms with Crippen LogP contribution >= 0.6 is 11.6 Å². The maximum Gasteiger partial charge on any atom is 0.342 e. The molecule has 0 atom stereocenters. The Labute approximate surface area is 156 Å². The highest BCUT2D eigenvalue weighted by Crippen LogP contribution is 2.26. The van der Waals surface area contributed by atoms with E-state index in [0.29, 0.717) is 16.7 Å². The molecule has 8 heteroatoms. The van der Waals surface area contributed by atoms with Crippen molar-refractivity contribution in [2.75, 3.05) is 25.1 Å². The Balaban J connectivity index is 1.80. The number of carbonyl (C=O) groups is 1. The molecule has 0 saturated carbocycles. The molecule has 0 aliphatic carbocycles. The van der Waals surface area contributed by atoms with Crippen LogP contribution in [0.1, 0.15) is 28.8 Å². The maximum absolute atomic E-state index is 11.4. The Bertz CT molecular complexity index is 794. The normalized spacial score (nSPS) is 14.2. The highest BCUT2D eigenvalue weighted by atomic mass is 35.5. The average molecular weight is 377 g/mol. The number of carboxylic acid groups (broad SMARTS) is 1. The quantitative estimate of drug-likeness (QED) is 0.828. The lowest BCUT2D eigenvalue weighted by molar-refractivity contribution is 0.0690. The maximum atomic E-state index is 11.4. The average Bonchev–Trinajstić information content (AvgIpc) is 2.67. The van der Waals surface area contributed by atoms with Gasteiger partial charge >= 0.3 is 5.97 Å². The van der Waals surface area contributed by atoms with Gasteiger partial charge in [0, 0.05) is 13.1 Å². The first-order chi connectivity index (χ1) is 12.6. The predicted octanol–water partition coefficient (Wildman–Crippen LogP) is 3.22. The van der Waals surface area contributed by atoms with Crippen molar-refractivity contribution in [2.24, 2.45) is 0 Å². The molecular formula is C18H19ClN3O4. The second-order valence-corrected chi connectivity index (χ2v) is 6.24. The van der Waals surface area contributed by atoms with Crippen molar-refractivity contribution < 1.29 is 19.4 Å². The molecule has 1 aromatic heterocycles. The van der Waals surface area contributed by atoms with Crippen LogP contribution in [-0.2, 0) is 6.61 Å². The molecule has 1 aliphatic rings. The van der Waals surface area contributed by atoms with Gasteiger partial charge in [-0.2, -0.15) is 4.98 Å². The van der Waals surface area contributed by atoms with E-state index in [1.807, 2.05) is 4.90 Å². The first-order valence-electron chi connectivity index (χ1n) is 8.20. The zero-order valence-corrected chi connectivity index (χ0v) is 15.1. The minimum Gasteiger partial charge on any atom is -0.495 e. The third-order valence-electron chi connectivity index (χ3n) is 4.03. The first kappa shape index (κ1) is 18.3. The van der Waals surface area contributed by atoms with Crippen LogP contribution < -0.4 is 14.4 Å². The second-order valence-electron chi connectivity index (χ2n) is 5.83. The van der Waals surface area contributed by atoms with E-state index in [0.717, 1.165) is 31.5 Å². The van der Waals surface area contributed by atoms with E-state index in [9.17, 15) is 9.90 Å². The number of ether oxygens (including phenoxy) is 2. The number of aromatic carboxylic acids is 1. The molecule has 3 rings (SSSR count). The lowest BCUT2D eigenvalue weighted by Crippen LogP contribution is -2.31. The number of piperidine rings is 1. The minimum absolute atomic E-state index is 0.0417.